The number of ether oxygens (including phenoxy) is 1. The molecule has 0 aliphatic heterocycles. The molecule has 2 rings (SSSR count). The van der Waals surface area contributed by atoms with Crippen LogP contribution in [0.5, 0.6) is 5.75 Å². The first-order valence-corrected chi connectivity index (χ1v) is 9.37. The van der Waals surface area contributed by atoms with E-state index in [0.717, 1.165) is 15.0 Å². The van der Waals surface area contributed by atoms with Gasteiger partial charge in [-0.25, -0.2) is 0 Å². The summed E-state index contributed by atoms with van der Waals surface area (Å²) in [6, 6.07) is 14.6. The van der Waals surface area contributed by atoms with Crippen LogP contribution in [0.2, 0.25) is 0 Å². The van der Waals surface area contributed by atoms with E-state index < -0.39 is 0 Å². The SMILES string of the molecule is COc1ccc(NC(=O)CSCC(=O)Nc2cccc(I)c2)cc1. The number of halogens is 1. The van der Waals surface area contributed by atoms with Gasteiger partial charge in [0.15, 0.2) is 0 Å². The van der Waals surface area contributed by atoms with Crippen LogP contribution in [0.15, 0.2) is 48.5 Å². The molecule has 0 saturated carbocycles. The maximum atomic E-state index is 11.9. The van der Waals surface area contributed by atoms with Gasteiger partial charge in [-0.3, -0.25) is 9.59 Å². The van der Waals surface area contributed by atoms with Crippen LogP contribution in [-0.4, -0.2) is 30.4 Å². The quantitative estimate of drug-likeness (QED) is 0.625. The summed E-state index contributed by atoms with van der Waals surface area (Å²) in [6.45, 7) is 0. The molecule has 0 radical (unpaired) electrons. The van der Waals surface area contributed by atoms with Crippen LogP contribution in [0, 0.1) is 3.57 Å². The number of rotatable bonds is 7. The molecular formula is C17H17IN2O3S. The average molecular weight is 456 g/mol. The van der Waals surface area contributed by atoms with Gasteiger partial charge in [-0.1, -0.05) is 6.07 Å². The molecule has 24 heavy (non-hydrogen) atoms. The van der Waals surface area contributed by atoms with Gasteiger partial charge < -0.3 is 15.4 Å². The number of carbonyl (C=O) groups is 2. The van der Waals surface area contributed by atoms with Crippen molar-refractivity contribution in [3.63, 3.8) is 0 Å². The van der Waals surface area contributed by atoms with E-state index >= 15 is 0 Å². The summed E-state index contributed by atoms with van der Waals surface area (Å²) in [5, 5.41) is 5.58. The van der Waals surface area contributed by atoms with E-state index in [4.69, 9.17) is 4.74 Å². The van der Waals surface area contributed by atoms with E-state index in [1.54, 1.807) is 31.4 Å². The van der Waals surface area contributed by atoms with Crippen LogP contribution in [0.4, 0.5) is 11.4 Å². The van der Waals surface area contributed by atoms with Crippen LogP contribution in [0.25, 0.3) is 0 Å². The van der Waals surface area contributed by atoms with Crippen molar-refractivity contribution in [2.45, 2.75) is 0 Å². The highest BCUT2D eigenvalue weighted by Gasteiger charge is 2.07. The van der Waals surface area contributed by atoms with Gasteiger partial charge in [0.1, 0.15) is 5.75 Å². The Kier molecular flexibility index (Phi) is 7.38. The second kappa shape index (κ2) is 9.53. The highest BCUT2D eigenvalue weighted by Crippen LogP contribution is 2.16. The molecule has 0 saturated heterocycles. The maximum Gasteiger partial charge on any atom is 0.234 e. The number of hydrogen-bond acceptors (Lipinski definition) is 4. The molecule has 2 aromatic rings. The minimum atomic E-state index is -0.146. The zero-order valence-corrected chi connectivity index (χ0v) is 16.0. The standard InChI is InChI=1S/C17H17IN2O3S/c1-23-15-7-5-13(6-8-15)19-16(21)10-24-11-17(22)20-14-4-2-3-12(18)9-14/h2-9H,10-11H2,1H3,(H,19,21)(H,20,22). The van der Waals surface area contributed by atoms with E-state index in [9.17, 15) is 9.59 Å². The summed E-state index contributed by atoms with van der Waals surface area (Å²) in [5.41, 5.74) is 1.46. The van der Waals surface area contributed by atoms with Gasteiger partial charge in [0, 0.05) is 14.9 Å². The van der Waals surface area contributed by atoms with Crippen molar-refractivity contribution in [3.05, 3.63) is 52.1 Å². The molecule has 0 aliphatic rings. The summed E-state index contributed by atoms with van der Waals surface area (Å²) in [4.78, 5) is 23.7. The Morgan fingerprint density at radius 1 is 1.00 bits per heavy atom. The molecular weight excluding hydrogens is 439 g/mol. The first kappa shape index (κ1) is 18.6. The van der Waals surface area contributed by atoms with Crippen LogP contribution in [-0.2, 0) is 9.59 Å². The number of nitrogens with one attached hydrogen (secondary N) is 2. The third-order valence-electron chi connectivity index (χ3n) is 2.95. The first-order valence-electron chi connectivity index (χ1n) is 7.14. The lowest BCUT2D eigenvalue weighted by Gasteiger charge is -2.07. The molecule has 0 aromatic heterocycles. The van der Waals surface area contributed by atoms with Crippen LogP contribution < -0.4 is 15.4 Å². The number of benzene rings is 2. The van der Waals surface area contributed by atoms with Crippen molar-refractivity contribution in [1.82, 2.24) is 0 Å². The third kappa shape index (κ3) is 6.40. The fourth-order valence-electron chi connectivity index (χ4n) is 1.87. The van der Waals surface area contributed by atoms with E-state index in [-0.39, 0.29) is 23.3 Å². The smallest absolute Gasteiger partial charge is 0.234 e. The summed E-state index contributed by atoms with van der Waals surface area (Å²) >= 11 is 3.46. The molecule has 2 N–H and O–H groups in total. The Morgan fingerprint density at radius 2 is 1.62 bits per heavy atom. The van der Waals surface area contributed by atoms with Gasteiger partial charge in [0.05, 0.1) is 18.6 Å². The predicted molar refractivity (Wildman–Crippen MR) is 107 cm³/mol. The van der Waals surface area contributed by atoms with Crippen LogP contribution in [0.3, 0.4) is 0 Å². The van der Waals surface area contributed by atoms with E-state index in [1.807, 2.05) is 24.3 Å². The molecule has 5 nitrogen and oxygen atoms in total. The molecule has 0 spiro atoms. The molecule has 0 fully saturated rings. The van der Waals surface area contributed by atoms with Crippen molar-refractivity contribution < 1.29 is 14.3 Å². The Hall–Kier alpha value is -1.74. The van der Waals surface area contributed by atoms with Gasteiger partial charge in [0.2, 0.25) is 11.8 Å². The minimum Gasteiger partial charge on any atom is -0.497 e. The van der Waals surface area contributed by atoms with Crippen molar-refractivity contribution >= 4 is 57.5 Å². The zero-order chi connectivity index (χ0) is 17.4. The normalized spacial score (nSPS) is 10.1. The highest BCUT2D eigenvalue weighted by atomic mass is 127. The number of anilines is 2. The lowest BCUT2D eigenvalue weighted by Crippen LogP contribution is -2.18. The molecule has 0 unspecified atom stereocenters. The average Bonchev–Trinajstić information content (AvgIpc) is 2.55. The van der Waals surface area contributed by atoms with Crippen LogP contribution in [0.1, 0.15) is 0 Å². The Bertz CT molecular complexity index is 707. The summed E-state index contributed by atoms with van der Waals surface area (Å²) in [5.74, 6) is 0.897. The lowest BCUT2D eigenvalue weighted by molar-refractivity contribution is -0.114. The predicted octanol–water partition coefficient (Wildman–Crippen LogP) is 3.61. The van der Waals surface area contributed by atoms with E-state index in [0.29, 0.717) is 5.69 Å². The van der Waals surface area contributed by atoms with Crippen molar-refractivity contribution in [2.24, 2.45) is 0 Å². The van der Waals surface area contributed by atoms with Crippen LogP contribution >= 0.6 is 34.4 Å². The third-order valence-corrected chi connectivity index (χ3v) is 4.55. The fraction of sp³-hybridized carbons (Fsp3) is 0.176. The van der Waals surface area contributed by atoms with Crippen molar-refractivity contribution in [2.75, 3.05) is 29.2 Å². The fourth-order valence-corrected chi connectivity index (χ4v) is 3.03. The number of amides is 2. The van der Waals surface area contributed by atoms with Crippen molar-refractivity contribution in [1.29, 1.82) is 0 Å². The molecule has 0 heterocycles. The topological polar surface area (TPSA) is 67.4 Å². The van der Waals surface area contributed by atoms with E-state index in [1.165, 1.54) is 11.8 Å². The van der Waals surface area contributed by atoms with Crippen molar-refractivity contribution in [3.8, 4) is 5.75 Å². The number of carbonyl (C=O) groups excluding carboxylic acids is 2. The Balaban J connectivity index is 1.70. The monoisotopic (exact) mass is 456 g/mol. The second-order valence-corrected chi connectivity index (χ2v) is 7.06. The molecule has 0 atom stereocenters. The lowest BCUT2D eigenvalue weighted by atomic mass is 10.3. The molecule has 7 heteroatoms. The van der Waals surface area contributed by atoms with Gasteiger partial charge in [-0.05, 0) is 65.1 Å². The summed E-state index contributed by atoms with van der Waals surface area (Å²) < 4.78 is 6.11. The largest absolute Gasteiger partial charge is 0.497 e. The first-order chi connectivity index (χ1) is 11.6. The minimum absolute atomic E-state index is 0.126. The van der Waals surface area contributed by atoms with Gasteiger partial charge in [-0.2, -0.15) is 0 Å². The second-order valence-electron chi connectivity index (χ2n) is 4.83. The highest BCUT2D eigenvalue weighted by molar-refractivity contribution is 14.1. The van der Waals surface area contributed by atoms with Gasteiger partial charge in [0.25, 0.3) is 0 Å². The molecule has 0 aliphatic carbocycles. The Morgan fingerprint density at radius 3 is 2.21 bits per heavy atom. The van der Waals surface area contributed by atoms with E-state index in [2.05, 4.69) is 33.2 Å². The molecule has 2 aromatic carbocycles. The summed E-state index contributed by atoms with van der Waals surface area (Å²) in [7, 11) is 1.59. The summed E-state index contributed by atoms with van der Waals surface area (Å²) in [6.07, 6.45) is 0. The number of methoxy groups -OCH3 is 1. The zero-order valence-electron chi connectivity index (χ0n) is 13.0. The number of thioether (sulfide) groups is 1. The molecule has 0 bridgehead atoms. The molecule has 2 amide bonds. The molecule has 126 valence electrons. The maximum absolute atomic E-state index is 11.9. The number of hydrogen-bond donors (Lipinski definition) is 2. The Labute approximate surface area is 158 Å². The van der Waals surface area contributed by atoms with Gasteiger partial charge in [-0.15, -0.1) is 11.8 Å². The van der Waals surface area contributed by atoms with Gasteiger partial charge >= 0.3 is 0 Å².